The van der Waals surface area contributed by atoms with E-state index in [2.05, 4.69) is 18.7 Å². The van der Waals surface area contributed by atoms with E-state index in [0.717, 1.165) is 0 Å². The smallest absolute Gasteiger partial charge is 0.269 e. The van der Waals surface area contributed by atoms with Crippen LogP contribution in [0.4, 0.5) is 5.69 Å². The summed E-state index contributed by atoms with van der Waals surface area (Å²) in [6, 6.07) is 6.11. The lowest BCUT2D eigenvalue weighted by Crippen LogP contribution is -2.43. The monoisotopic (exact) mass is 238 g/mol. The van der Waals surface area contributed by atoms with Gasteiger partial charge in [-0.2, -0.15) is 0 Å². The molecule has 17 heavy (non-hydrogen) atoms. The quantitative estimate of drug-likeness (QED) is 0.583. The van der Waals surface area contributed by atoms with Crippen LogP contribution in [0.2, 0.25) is 0 Å². The lowest BCUT2D eigenvalue weighted by molar-refractivity contribution is -0.384. The molecule has 0 unspecified atom stereocenters. The molecule has 0 aliphatic rings. The maximum Gasteiger partial charge on any atom is 0.269 e. The van der Waals surface area contributed by atoms with E-state index in [1.165, 1.54) is 12.1 Å². The number of benzene rings is 1. The van der Waals surface area contributed by atoms with Gasteiger partial charge in [0.25, 0.3) is 5.69 Å². The van der Waals surface area contributed by atoms with Crippen molar-refractivity contribution >= 4 is 5.69 Å². The van der Waals surface area contributed by atoms with Crippen LogP contribution in [0.3, 0.4) is 0 Å². The van der Waals surface area contributed by atoms with Gasteiger partial charge in [-0.25, -0.2) is 0 Å². The third-order valence-electron chi connectivity index (χ3n) is 2.85. The molecule has 94 valence electrons. The van der Waals surface area contributed by atoms with Crippen molar-refractivity contribution in [2.45, 2.75) is 19.4 Å². The zero-order valence-electron chi connectivity index (χ0n) is 10.6. The summed E-state index contributed by atoms with van der Waals surface area (Å²) in [7, 11) is 3.97. The molecule has 5 nitrogen and oxygen atoms in total. The molecule has 0 heterocycles. The molecule has 0 radical (unpaired) electrons. The number of rotatable bonds is 5. The first-order valence-corrected chi connectivity index (χ1v) is 5.37. The van der Waals surface area contributed by atoms with E-state index in [1.807, 2.05) is 14.1 Å². The lowest BCUT2D eigenvalue weighted by atomic mass is 10.1. The Morgan fingerprint density at radius 2 is 1.82 bits per heavy atom. The molecule has 0 aliphatic carbocycles. The van der Waals surface area contributed by atoms with Gasteiger partial charge in [-0.1, -0.05) is 0 Å². The Balaban J connectivity index is 2.62. The molecule has 0 saturated carbocycles. The number of nitrogens with zero attached hydrogens (tertiary/aromatic N) is 2. The number of hydrogen-bond donors (Lipinski definition) is 0. The van der Waals surface area contributed by atoms with Gasteiger partial charge in [0.2, 0.25) is 0 Å². The minimum atomic E-state index is -0.423. The highest BCUT2D eigenvalue weighted by Crippen LogP contribution is 2.19. The molecule has 0 saturated heterocycles. The summed E-state index contributed by atoms with van der Waals surface area (Å²) in [4.78, 5) is 12.1. The molecule has 0 spiro atoms. The standard InChI is InChI=1S/C12H18N2O3/c1-12(2,13(3)4)9-17-11-7-5-10(6-8-11)14(15)16/h5-8H,9H2,1-4H3. The van der Waals surface area contributed by atoms with Crippen molar-refractivity contribution in [1.82, 2.24) is 4.90 Å². The molecular formula is C12H18N2O3. The van der Waals surface area contributed by atoms with Gasteiger partial charge in [-0.3, -0.25) is 10.1 Å². The van der Waals surface area contributed by atoms with Gasteiger partial charge in [-0.15, -0.1) is 0 Å². The molecule has 1 aromatic rings. The molecule has 0 atom stereocenters. The van der Waals surface area contributed by atoms with Gasteiger partial charge in [0, 0.05) is 17.7 Å². The van der Waals surface area contributed by atoms with Gasteiger partial charge in [-0.05, 0) is 40.1 Å². The normalized spacial score (nSPS) is 11.6. The van der Waals surface area contributed by atoms with Gasteiger partial charge in [0.1, 0.15) is 12.4 Å². The van der Waals surface area contributed by atoms with Crippen LogP contribution >= 0.6 is 0 Å². The number of nitro benzene ring substituents is 1. The van der Waals surface area contributed by atoms with Crippen LogP contribution in [-0.4, -0.2) is 36.1 Å². The fourth-order valence-corrected chi connectivity index (χ4v) is 1.05. The summed E-state index contributed by atoms with van der Waals surface area (Å²) in [6.07, 6.45) is 0. The average molecular weight is 238 g/mol. The second-order valence-corrected chi connectivity index (χ2v) is 4.75. The number of non-ortho nitro benzene ring substituents is 1. The predicted molar refractivity (Wildman–Crippen MR) is 66.4 cm³/mol. The third kappa shape index (κ3) is 3.71. The average Bonchev–Trinajstić information content (AvgIpc) is 2.27. The van der Waals surface area contributed by atoms with E-state index >= 15 is 0 Å². The molecule has 0 N–H and O–H groups in total. The Morgan fingerprint density at radius 1 is 1.29 bits per heavy atom. The maximum absolute atomic E-state index is 10.5. The Hall–Kier alpha value is -1.62. The number of hydrogen-bond acceptors (Lipinski definition) is 4. The van der Waals surface area contributed by atoms with Gasteiger partial charge in [0.15, 0.2) is 0 Å². The highest BCUT2D eigenvalue weighted by atomic mass is 16.6. The van der Waals surface area contributed by atoms with Crippen molar-refractivity contribution in [3.8, 4) is 5.75 Å². The molecule has 0 bridgehead atoms. The SMILES string of the molecule is CN(C)C(C)(C)COc1ccc([N+](=O)[O-])cc1. The van der Waals surface area contributed by atoms with E-state index < -0.39 is 4.92 Å². The van der Waals surface area contributed by atoms with Crippen molar-refractivity contribution in [2.24, 2.45) is 0 Å². The van der Waals surface area contributed by atoms with E-state index in [0.29, 0.717) is 12.4 Å². The number of likely N-dealkylation sites (N-methyl/N-ethyl adjacent to an activating group) is 1. The van der Waals surface area contributed by atoms with Crippen LogP contribution in [0.15, 0.2) is 24.3 Å². The van der Waals surface area contributed by atoms with Crippen LogP contribution in [0.1, 0.15) is 13.8 Å². The van der Waals surface area contributed by atoms with Crippen molar-refractivity contribution in [3.63, 3.8) is 0 Å². The van der Waals surface area contributed by atoms with Crippen LogP contribution in [0, 0.1) is 10.1 Å². The lowest BCUT2D eigenvalue weighted by Gasteiger charge is -2.32. The summed E-state index contributed by atoms with van der Waals surface area (Å²) in [5.41, 5.74) is -0.00822. The van der Waals surface area contributed by atoms with E-state index in [1.54, 1.807) is 12.1 Å². The zero-order chi connectivity index (χ0) is 13.1. The second kappa shape index (κ2) is 5.14. The number of nitro groups is 1. The van der Waals surface area contributed by atoms with Gasteiger partial charge >= 0.3 is 0 Å². The largest absolute Gasteiger partial charge is 0.492 e. The van der Waals surface area contributed by atoms with Gasteiger partial charge < -0.3 is 9.64 Å². The maximum atomic E-state index is 10.5. The fourth-order valence-electron chi connectivity index (χ4n) is 1.05. The highest BCUT2D eigenvalue weighted by Gasteiger charge is 2.21. The third-order valence-corrected chi connectivity index (χ3v) is 2.85. The molecule has 5 heteroatoms. The second-order valence-electron chi connectivity index (χ2n) is 4.75. The first-order chi connectivity index (χ1) is 7.83. The number of ether oxygens (including phenoxy) is 1. The van der Waals surface area contributed by atoms with E-state index in [-0.39, 0.29) is 11.2 Å². The molecule has 0 fully saturated rings. The molecular weight excluding hydrogens is 220 g/mol. The summed E-state index contributed by atoms with van der Waals surface area (Å²) < 4.78 is 5.60. The summed E-state index contributed by atoms with van der Waals surface area (Å²) in [5.74, 6) is 0.644. The first-order valence-electron chi connectivity index (χ1n) is 5.37. The molecule has 1 rings (SSSR count). The van der Waals surface area contributed by atoms with Crippen LogP contribution in [0.5, 0.6) is 5.75 Å². The van der Waals surface area contributed by atoms with Crippen molar-refractivity contribution in [3.05, 3.63) is 34.4 Å². The minimum Gasteiger partial charge on any atom is -0.492 e. The predicted octanol–water partition coefficient (Wildman–Crippen LogP) is 2.31. The van der Waals surface area contributed by atoms with Crippen LogP contribution < -0.4 is 4.74 Å². The first kappa shape index (κ1) is 13.4. The Labute approximate surface area is 101 Å². The van der Waals surface area contributed by atoms with Gasteiger partial charge in [0.05, 0.1) is 4.92 Å². The Bertz CT molecular complexity index is 385. The molecule has 0 amide bonds. The topological polar surface area (TPSA) is 55.6 Å². The van der Waals surface area contributed by atoms with Crippen molar-refractivity contribution in [1.29, 1.82) is 0 Å². The Morgan fingerprint density at radius 3 is 2.24 bits per heavy atom. The van der Waals surface area contributed by atoms with Crippen LogP contribution in [-0.2, 0) is 0 Å². The Kier molecular flexibility index (Phi) is 4.07. The summed E-state index contributed by atoms with van der Waals surface area (Å²) in [6.45, 7) is 4.66. The highest BCUT2D eigenvalue weighted by molar-refractivity contribution is 5.36. The minimum absolute atomic E-state index is 0.0734. The zero-order valence-corrected chi connectivity index (χ0v) is 10.6. The molecule has 0 aliphatic heterocycles. The molecule has 1 aromatic carbocycles. The van der Waals surface area contributed by atoms with E-state index in [4.69, 9.17) is 4.74 Å². The molecule has 0 aromatic heterocycles. The summed E-state index contributed by atoms with van der Waals surface area (Å²) in [5, 5.41) is 10.5. The fraction of sp³-hybridized carbons (Fsp3) is 0.500. The van der Waals surface area contributed by atoms with Crippen molar-refractivity contribution in [2.75, 3.05) is 20.7 Å². The van der Waals surface area contributed by atoms with Crippen LogP contribution in [0.25, 0.3) is 0 Å². The summed E-state index contributed by atoms with van der Waals surface area (Å²) >= 11 is 0. The van der Waals surface area contributed by atoms with Crippen molar-refractivity contribution < 1.29 is 9.66 Å². The van der Waals surface area contributed by atoms with E-state index in [9.17, 15) is 10.1 Å².